The topological polar surface area (TPSA) is 59.4 Å². The Hall–Kier alpha value is -2.10. The minimum atomic E-state index is -0.897. The molecule has 16 heavy (non-hydrogen) atoms. The van der Waals surface area contributed by atoms with Gasteiger partial charge >= 0.3 is 5.97 Å². The third kappa shape index (κ3) is 1.82. The molecule has 0 aliphatic rings. The van der Waals surface area contributed by atoms with E-state index in [1.54, 1.807) is 19.4 Å². The molecule has 0 saturated heterocycles. The molecule has 82 valence electrons. The van der Waals surface area contributed by atoms with E-state index in [-0.39, 0.29) is 6.42 Å². The van der Waals surface area contributed by atoms with Crippen LogP contribution in [0.1, 0.15) is 5.69 Å². The Balaban J connectivity index is 2.68. The average Bonchev–Trinajstić information content (AvgIpc) is 2.28. The fraction of sp³-hybridized carbons (Fsp3) is 0.167. The fourth-order valence-electron chi connectivity index (χ4n) is 1.72. The minimum absolute atomic E-state index is 0.0995. The van der Waals surface area contributed by atoms with E-state index in [0.29, 0.717) is 11.4 Å². The first-order chi connectivity index (χ1) is 7.72. The second-order valence-electron chi connectivity index (χ2n) is 3.39. The molecular formula is C12H11NO3. The molecule has 1 aromatic heterocycles. The summed E-state index contributed by atoms with van der Waals surface area (Å²) in [6.45, 7) is 0. The summed E-state index contributed by atoms with van der Waals surface area (Å²) in [6.07, 6.45) is 1.51. The van der Waals surface area contributed by atoms with Gasteiger partial charge in [0, 0.05) is 11.6 Å². The van der Waals surface area contributed by atoms with Crippen LogP contribution < -0.4 is 4.74 Å². The van der Waals surface area contributed by atoms with Crippen molar-refractivity contribution in [2.24, 2.45) is 0 Å². The van der Waals surface area contributed by atoms with Gasteiger partial charge in [0.25, 0.3) is 0 Å². The van der Waals surface area contributed by atoms with E-state index >= 15 is 0 Å². The zero-order valence-corrected chi connectivity index (χ0v) is 8.80. The van der Waals surface area contributed by atoms with Gasteiger partial charge in [-0.05, 0) is 17.5 Å². The first-order valence-corrected chi connectivity index (χ1v) is 4.85. The quantitative estimate of drug-likeness (QED) is 0.852. The number of ether oxygens (including phenoxy) is 1. The number of carboxylic acid groups (broad SMARTS) is 1. The molecule has 2 rings (SSSR count). The van der Waals surface area contributed by atoms with Gasteiger partial charge < -0.3 is 9.84 Å². The number of carbonyl (C=O) groups is 1. The Bertz CT molecular complexity index is 532. The number of benzene rings is 1. The van der Waals surface area contributed by atoms with Crippen LogP contribution in [0, 0.1) is 0 Å². The highest BCUT2D eigenvalue weighted by Crippen LogP contribution is 2.27. The molecule has 0 aliphatic carbocycles. The van der Waals surface area contributed by atoms with Gasteiger partial charge in [0.05, 0.1) is 19.2 Å². The number of nitrogens with zero attached hydrogens (tertiary/aromatic N) is 1. The fourth-order valence-corrected chi connectivity index (χ4v) is 1.72. The van der Waals surface area contributed by atoms with E-state index in [4.69, 9.17) is 9.84 Å². The number of aromatic nitrogens is 1. The molecule has 2 aromatic rings. The number of hydrogen-bond donors (Lipinski definition) is 1. The molecule has 0 amide bonds. The molecule has 4 heteroatoms. The van der Waals surface area contributed by atoms with Crippen molar-refractivity contribution in [1.82, 2.24) is 4.98 Å². The monoisotopic (exact) mass is 217 g/mol. The molecule has 0 unspecified atom stereocenters. The van der Waals surface area contributed by atoms with Gasteiger partial charge in [-0.2, -0.15) is 0 Å². The van der Waals surface area contributed by atoms with Crippen LogP contribution >= 0.6 is 0 Å². The molecule has 1 heterocycles. The summed E-state index contributed by atoms with van der Waals surface area (Å²) in [6, 6.07) is 7.41. The van der Waals surface area contributed by atoms with Crippen LogP contribution in [0.4, 0.5) is 0 Å². The summed E-state index contributed by atoms with van der Waals surface area (Å²) < 4.78 is 5.22. The largest absolute Gasteiger partial charge is 0.496 e. The van der Waals surface area contributed by atoms with Crippen LogP contribution in [0.25, 0.3) is 10.8 Å². The predicted molar refractivity (Wildman–Crippen MR) is 59.6 cm³/mol. The number of aliphatic carboxylic acids is 1. The van der Waals surface area contributed by atoms with Gasteiger partial charge in [0.1, 0.15) is 5.75 Å². The van der Waals surface area contributed by atoms with Crippen LogP contribution in [-0.4, -0.2) is 23.2 Å². The van der Waals surface area contributed by atoms with Gasteiger partial charge in [-0.15, -0.1) is 0 Å². The van der Waals surface area contributed by atoms with Crippen molar-refractivity contribution in [3.05, 3.63) is 36.2 Å². The van der Waals surface area contributed by atoms with Crippen molar-refractivity contribution in [3.8, 4) is 5.75 Å². The number of fused-ring (bicyclic) bond motifs is 1. The van der Waals surface area contributed by atoms with Crippen molar-refractivity contribution in [2.45, 2.75) is 6.42 Å². The average molecular weight is 217 g/mol. The molecule has 0 atom stereocenters. The van der Waals surface area contributed by atoms with Crippen LogP contribution in [-0.2, 0) is 11.2 Å². The maximum atomic E-state index is 10.7. The molecule has 0 bridgehead atoms. The number of rotatable bonds is 3. The van der Waals surface area contributed by atoms with Crippen LogP contribution in [0.2, 0.25) is 0 Å². The molecular weight excluding hydrogens is 206 g/mol. The normalized spacial score (nSPS) is 10.3. The Labute approximate surface area is 92.5 Å². The van der Waals surface area contributed by atoms with Crippen molar-refractivity contribution >= 4 is 16.7 Å². The van der Waals surface area contributed by atoms with Gasteiger partial charge in [0.2, 0.25) is 0 Å². The third-order valence-corrected chi connectivity index (χ3v) is 2.37. The van der Waals surface area contributed by atoms with Crippen LogP contribution in [0.3, 0.4) is 0 Å². The summed E-state index contributed by atoms with van der Waals surface area (Å²) in [5.74, 6) is -0.243. The summed E-state index contributed by atoms with van der Waals surface area (Å²) in [5, 5.41) is 10.5. The zero-order chi connectivity index (χ0) is 11.5. The second kappa shape index (κ2) is 4.18. The Kier molecular flexibility index (Phi) is 2.72. The number of hydrogen-bond acceptors (Lipinski definition) is 3. The van der Waals surface area contributed by atoms with E-state index in [9.17, 15) is 4.79 Å². The van der Waals surface area contributed by atoms with Gasteiger partial charge in [-0.25, -0.2) is 0 Å². The molecule has 4 nitrogen and oxygen atoms in total. The second-order valence-corrected chi connectivity index (χ2v) is 3.39. The molecule has 0 spiro atoms. The summed E-state index contributed by atoms with van der Waals surface area (Å²) in [4.78, 5) is 14.8. The Morgan fingerprint density at radius 3 is 2.94 bits per heavy atom. The molecule has 0 radical (unpaired) electrons. The number of carboxylic acids is 1. The molecule has 0 fully saturated rings. The van der Waals surface area contributed by atoms with Crippen LogP contribution in [0.5, 0.6) is 5.75 Å². The lowest BCUT2D eigenvalue weighted by atomic mass is 10.1. The third-order valence-electron chi connectivity index (χ3n) is 2.37. The van der Waals surface area contributed by atoms with Crippen LogP contribution in [0.15, 0.2) is 30.5 Å². The molecule has 1 N–H and O–H groups in total. The maximum absolute atomic E-state index is 10.7. The Morgan fingerprint density at radius 1 is 1.44 bits per heavy atom. The summed E-state index contributed by atoms with van der Waals surface area (Å²) in [5.41, 5.74) is 0.530. The highest BCUT2D eigenvalue weighted by molar-refractivity contribution is 5.92. The lowest BCUT2D eigenvalue weighted by molar-refractivity contribution is -0.136. The summed E-state index contributed by atoms with van der Waals surface area (Å²) in [7, 11) is 1.56. The first-order valence-electron chi connectivity index (χ1n) is 4.85. The predicted octanol–water partition coefficient (Wildman–Crippen LogP) is 1.87. The lowest BCUT2D eigenvalue weighted by Crippen LogP contribution is -2.03. The smallest absolute Gasteiger partial charge is 0.309 e. The van der Waals surface area contributed by atoms with E-state index in [1.165, 1.54) is 0 Å². The Morgan fingerprint density at radius 2 is 2.25 bits per heavy atom. The minimum Gasteiger partial charge on any atom is -0.496 e. The molecule has 0 aliphatic heterocycles. The number of methoxy groups -OCH3 is 1. The maximum Gasteiger partial charge on any atom is 0.309 e. The first kappa shape index (κ1) is 10.4. The lowest BCUT2D eigenvalue weighted by Gasteiger charge is -2.08. The number of pyridine rings is 1. The van der Waals surface area contributed by atoms with E-state index in [1.807, 2.05) is 18.2 Å². The van der Waals surface area contributed by atoms with Crippen molar-refractivity contribution in [3.63, 3.8) is 0 Å². The van der Waals surface area contributed by atoms with Gasteiger partial charge in [0.15, 0.2) is 0 Å². The van der Waals surface area contributed by atoms with E-state index in [2.05, 4.69) is 4.98 Å². The molecule has 1 aromatic carbocycles. The van der Waals surface area contributed by atoms with E-state index < -0.39 is 5.97 Å². The van der Waals surface area contributed by atoms with Gasteiger partial charge in [-0.1, -0.05) is 12.1 Å². The summed E-state index contributed by atoms with van der Waals surface area (Å²) >= 11 is 0. The van der Waals surface area contributed by atoms with Crippen molar-refractivity contribution in [2.75, 3.05) is 7.11 Å². The van der Waals surface area contributed by atoms with Gasteiger partial charge in [-0.3, -0.25) is 9.78 Å². The standard InChI is InChI=1S/C12H11NO3/c1-16-10-4-2-3-8-5-6-13-9(12(8)10)7-11(14)15/h2-6H,7H2,1H3,(H,14,15). The highest BCUT2D eigenvalue weighted by atomic mass is 16.5. The zero-order valence-electron chi connectivity index (χ0n) is 8.80. The van der Waals surface area contributed by atoms with Crippen molar-refractivity contribution < 1.29 is 14.6 Å². The SMILES string of the molecule is COc1cccc2ccnc(CC(=O)O)c12. The molecule has 0 saturated carbocycles. The highest BCUT2D eigenvalue weighted by Gasteiger charge is 2.10. The van der Waals surface area contributed by atoms with Crippen molar-refractivity contribution in [1.29, 1.82) is 0 Å². The van der Waals surface area contributed by atoms with E-state index in [0.717, 1.165) is 10.8 Å².